The van der Waals surface area contributed by atoms with E-state index in [4.69, 9.17) is 23.3 Å². The molecule has 0 rings (SSSR count). The number of hydrogen-bond donors (Lipinski definition) is 2. The van der Waals surface area contributed by atoms with E-state index in [1.165, 1.54) is 89.9 Å². The SMILES string of the molecule is CC/C=C\C/C=C\C/C=C\C/C=C\C/C=C\CCCCCC(=O)OC(COC(=O)CCCCCCC/C=C\CCCCCC)COP(=O)(O)OCC(CO)OC(=O)CCCCCCCCC/C=C\CCCCCCCC. The van der Waals surface area contributed by atoms with Crippen molar-refractivity contribution in [2.75, 3.05) is 26.4 Å². The second kappa shape index (κ2) is 57.8. The quantitative estimate of drug-likeness (QED) is 0.0197. The van der Waals surface area contributed by atoms with Crippen LogP contribution in [0, 0.1) is 0 Å². The summed E-state index contributed by atoms with van der Waals surface area (Å²) in [5.41, 5.74) is 0. The number of carbonyl (C=O) groups excluding carboxylic acids is 3. The third-order valence-electron chi connectivity index (χ3n) is 12.8. The molecule has 0 aromatic carbocycles. The summed E-state index contributed by atoms with van der Waals surface area (Å²) < 4.78 is 39.6. The Morgan fingerprint density at radius 2 is 0.684 bits per heavy atom. The fourth-order valence-electron chi connectivity index (χ4n) is 8.14. The Morgan fingerprint density at radius 1 is 0.382 bits per heavy atom. The van der Waals surface area contributed by atoms with Gasteiger partial charge in [-0.2, -0.15) is 0 Å². The van der Waals surface area contributed by atoms with E-state index in [9.17, 15) is 28.9 Å². The van der Waals surface area contributed by atoms with Crippen LogP contribution < -0.4 is 0 Å². The molecule has 0 aliphatic heterocycles. The monoisotopic (exact) mass is 1090 g/mol. The molecule has 76 heavy (non-hydrogen) atoms. The van der Waals surface area contributed by atoms with Crippen LogP contribution in [0.15, 0.2) is 85.1 Å². The third-order valence-corrected chi connectivity index (χ3v) is 13.7. The first-order valence-corrected chi connectivity index (χ1v) is 32.0. The van der Waals surface area contributed by atoms with Crippen molar-refractivity contribution in [2.24, 2.45) is 0 Å². The van der Waals surface area contributed by atoms with Crippen LogP contribution >= 0.6 is 7.82 Å². The minimum Gasteiger partial charge on any atom is -0.462 e. The number of allylic oxidation sites excluding steroid dienone is 14. The molecule has 3 atom stereocenters. The molecule has 3 unspecified atom stereocenters. The standard InChI is InChI=1S/C64H111O11P/c1-4-7-10-13-16-19-22-25-27-29-30-32-34-37-40-43-46-49-52-55-64(68)75-61(57-71-62(66)53-50-47-44-41-38-35-24-21-18-15-12-9-6-3)59-73-76(69,70)72-58-60(56-65)74-63(67)54-51-48-45-42-39-36-33-31-28-26-23-20-17-14-11-8-5-2/h7,10,16,19,21,24-28,30,32,37,40,60-61,65H,4-6,8-9,11-15,17-18,20,22-23,29,31,33-36,38-39,41-59H2,1-3H3,(H,69,70)/b10-7-,19-16-,24-21-,27-25-,28-26-,32-30-,40-37-. The van der Waals surface area contributed by atoms with Crippen LogP contribution in [-0.4, -0.2) is 66.5 Å². The van der Waals surface area contributed by atoms with Gasteiger partial charge in [-0.05, 0) is 116 Å². The number of aliphatic hydroxyl groups is 1. The van der Waals surface area contributed by atoms with E-state index < -0.39 is 57.8 Å². The molecule has 0 aromatic rings. The highest BCUT2D eigenvalue weighted by Gasteiger charge is 2.28. The number of ether oxygens (including phenoxy) is 3. The zero-order valence-corrected chi connectivity index (χ0v) is 49.3. The number of phosphoric ester groups is 1. The molecule has 0 spiro atoms. The highest BCUT2D eigenvalue weighted by molar-refractivity contribution is 7.47. The van der Waals surface area contributed by atoms with Gasteiger partial charge in [0, 0.05) is 19.3 Å². The molecule has 0 aliphatic rings. The van der Waals surface area contributed by atoms with Gasteiger partial charge >= 0.3 is 25.7 Å². The topological polar surface area (TPSA) is 155 Å². The van der Waals surface area contributed by atoms with E-state index in [0.29, 0.717) is 19.3 Å². The Kier molecular flexibility index (Phi) is 55.3. The van der Waals surface area contributed by atoms with Gasteiger partial charge in [0.05, 0.1) is 19.8 Å². The summed E-state index contributed by atoms with van der Waals surface area (Å²) in [4.78, 5) is 48.6. The number of hydrogen-bond acceptors (Lipinski definition) is 10. The van der Waals surface area contributed by atoms with Crippen molar-refractivity contribution in [3.63, 3.8) is 0 Å². The molecule has 0 amide bonds. The van der Waals surface area contributed by atoms with Crippen molar-refractivity contribution in [3.8, 4) is 0 Å². The normalized spacial score (nSPS) is 13.9. The summed E-state index contributed by atoms with van der Waals surface area (Å²) in [7, 11) is -4.76. The zero-order valence-electron chi connectivity index (χ0n) is 48.5. The zero-order chi connectivity index (χ0) is 55.5. The maximum Gasteiger partial charge on any atom is 0.472 e. The van der Waals surface area contributed by atoms with E-state index in [0.717, 1.165) is 116 Å². The second-order valence-corrected chi connectivity index (χ2v) is 21.6. The number of esters is 3. The molecular weight excluding hydrogens is 976 g/mol. The van der Waals surface area contributed by atoms with Crippen molar-refractivity contribution >= 4 is 25.7 Å². The van der Waals surface area contributed by atoms with Gasteiger partial charge in [-0.15, -0.1) is 0 Å². The predicted octanol–water partition coefficient (Wildman–Crippen LogP) is 18.3. The molecule has 2 N–H and O–H groups in total. The molecule has 11 nitrogen and oxygen atoms in total. The minimum absolute atomic E-state index is 0.124. The number of phosphoric acid groups is 1. The molecule has 0 aromatic heterocycles. The maximum absolute atomic E-state index is 12.9. The van der Waals surface area contributed by atoms with Crippen LogP contribution in [0.25, 0.3) is 0 Å². The second-order valence-electron chi connectivity index (χ2n) is 20.1. The summed E-state index contributed by atoms with van der Waals surface area (Å²) in [6, 6.07) is 0. The third kappa shape index (κ3) is 55.4. The van der Waals surface area contributed by atoms with Crippen LogP contribution in [0.5, 0.6) is 0 Å². The largest absolute Gasteiger partial charge is 0.472 e. The Labute approximate surface area is 464 Å². The average Bonchev–Trinajstić information content (AvgIpc) is 3.41. The minimum atomic E-state index is -4.76. The lowest BCUT2D eigenvalue weighted by Crippen LogP contribution is -2.30. The van der Waals surface area contributed by atoms with Crippen molar-refractivity contribution in [1.82, 2.24) is 0 Å². The summed E-state index contributed by atoms with van der Waals surface area (Å²) in [6.45, 7) is 4.48. The number of carbonyl (C=O) groups is 3. The lowest BCUT2D eigenvalue weighted by molar-refractivity contribution is -0.161. The first-order valence-electron chi connectivity index (χ1n) is 30.5. The molecule has 0 aliphatic carbocycles. The van der Waals surface area contributed by atoms with Crippen LogP contribution in [0.4, 0.5) is 0 Å². The molecule has 0 saturated carbocycles. The smallest absolute Gasteiger partial charge is 0.462 e. The van der Waals surface area contributed by atoms with Gasteiger partial charge in [-0.3, -0.25) is 23.4 Å². The van der Waals surface area contributed by atoms with Crippen molar-refractivity contribution < 1.29 is 52.2 Å². The summed E-state index contributed by atoms with van der Waals surface area (Å²) in [6.07, 6.45) is 66.8. The Hall–Kier alpha value is -3.34. The maximum atomic E-state index is 12.9. The summed E-state index contributed by atoms with van der Waals surface area (Å²) >= 11 is 0. The molecular formula is C64H111O11P. The highest BCUT2D eigenvalue weighted by atomic mass is 31.2. The molecule has 0 saturated heterocycles. The number of rotatable bonds is 56. The first kappa shape index (κ1) is 72.7. The fraction of sp³-hybridized carbons (Fsp3) is 0.734. The highest BCUT2D eigenvalue weighted by Crippen LogP contribution is 2.43. The van der Waals surface area contributed by atoms with E-state index in [2.05, 4.69) is 106 Å². The van der Waals surface area contributed by atoms with E-state index in [1.807, 2.05) is 0 Å². The fourth-order valence-corrected chi connectivity index (χ4v) is 8.92. The number of unbranched alkanes of at least 4 members (excludes halogenated alkanes) is 25. The molecule has 0 bridgehead atoms. The Bertz CT molecular complexity index is 1600. The van der Waals surface area contributed by atoms with Gasteiger partial charge < -0.3 is 24.2 Å². The van der Waals surface area contributed by atoms with Gasteiger partial charge in [0.2, 0.25) is 0 Å². The van der Waals surface area contributed by atoms with Gasteiger partial charge in [0.1, 0.15) is 12.7 Å². The molecule has 438 valence electrons. The predicted molar refractivity (Wildman–Crippen MR) is 316 cm³/mol. The Morgan fingerprint density at radius 3 is 1.09 bits per heavy atom. The molecule has 0 heterocycles. The molecule has 0 radical (unpaired) electrons. The van der Waals surface area contributed by atoms with Crippen LogP contribution in [-0.2, 0) is 42.2 Å². The van der Waals surface area contributed by atoms with E-state index in [1.54, 1.807) is 0 Å². The summed E-state index contributed by atoms with van der Waals surface area (Å²) in [5, 5.41) is 9.84. The van der Waals surface area contributed by atoms with Crippen molar-refractivity contribution in [2.45, 2.75) is 277 Å². The van der Waals surface area contributed by atoms with Gasteiger partial charge in [0.25, 0.3) is 0 Å². The van der Waals surface area contributed by atoms with Crippen molar-refractivity contribution in [3.05, 3.63) is 85.1 Å². The molecule has 12 heteroatoms. The van der Waals surface area contributed by atoms with E-state index in [-0.39, 0.29) is 25.9 Å². The van der Waals surface area contributed by atoms with Gasteiger partial charge in [0.15, 0.2) is 6.10 Å². The van der Waals surface area contributed by atoms with Crippen LogP contribution in [0.1, 0.15) is 265 Å². The van der Waals surface area contributed by atoms with Crippen LogP contribution in [0.3, 0.4) is 0 Å². The number of aliphatic hydroxyl groups excluding tert-OH is 1. The Balaban J connectivity index is 4.75. The average molecular weight is 1090 g/mol. The van der Waals surface area contributed by atoms with Crippen molar-refractivity contribution in [1.29, 1.82) is 0 Å². The van der Waals surface area contributed by atoms with E-state index >= 15 is 0 Å². The lowest BCUT2D eigenvalue weighted by Gasteiger charge is -2.21. The van der Waals surface area contributed by atoms with Gasteiger partial charge in [-0.1, -0.05) is 215 Å². The molecule has 0 fully saturated rings. The summed E-state index contributed by atoms with van der Waals surface area (Å²) in [5.74, 6) is -1.52. The van der Waals surface area contributed by atoms with Crippen LogP contribution in [0.2, 0.25) is 0 Å². The van der Waals surface area contributed by atoms with Gasteiger partial charge in [-0.25, -0.2) is 4.57 Å². The lowest BCUT2D eigenvalue weighted by atomic mass is 10.1. The first-order chi connectivity index (χ1) is 37.2.